The van der Waals surface area contributed by atoms with Gasteiger partial charge in [0.2, 0.25) is 0 Å². The number of aromatic nitrogens is 1. The SMILES string of the molecule is NCc1nc(N)cc(Cl)c1C(F)F. The third kappa shape index (κ3) is 2.05. The van der Waals surface area contributed by atoms with E-state index in [4.69, 9.17) is 23.1 Å². The number of halogens is 3. The van der Waals surface area contributed by atoms with E-state index >= 15 is 0 Å². The molecule has 0 bridgehead atoms. The Labute approximate surface area is 78.7 Å². The molecule has 3 nitrogen and oxygen atoms in total. The molecule has 0 saturated heterocycles. The number of nitrogens with two attached hydrogens (primary N) is 2. The van der Waals surface area contributed by atoms with Crippen LogP contribution in [0.2, 0.25) is 5.02 Å². The Morgan fingerprint density at radius 2 is 2.15 bits per heavy atom. The average Bonchev–Trinajstić information content (AvgIpc) is 2.01. The molecule has 0 aliphatic rings. The average molecular weight is 208 g/mol. The highest BCUT2D eigenvalue weighted by molar-refractivity contribution is 6.31. The Hall–Kier alpha value is -0.940. The molecule has 0 saturated carbocycles. The van der Waals surface area contributed by atoms with Gasteiger partial charge in [-0.2, -0.15) is 0 Å². The monoisotopic (exact) mass is 207 g/mol. The van der Waals surface area contributed by atoms with Crippen LogP contribution in [0.25, 0.3) is 0 Å². The van der Waals surface area contributed by atoms with Gasteiger partial charge in [0.05, 0.1) is 16.3 Å². The number of anilines is 1. The van der Waals surface area contributed by atoms with Gasteiger partial charge in [-0.05, 0) is 6.07 Å². The number of nitrogen functional groups attached to an aromatic ring is 1. The summed E-state index contributed by atoms with van der Waals surface area (Å²) >= 11 is 5.55. The van der Waals surface area contributed by atoms with E-state index in [9.17, 15) is 8.78 Å². The molecule has 72 valence electrons. The topological polar surface area (TPSA) is 64.9 Å². The standard InChI is InChI=1S/C7H8ClF2N3/c8-3-1-5(12)13-4(2-11)6(3)7(9)10/h1,7H,2,11H2,(H2,12,13). The summed E-state index contributed by atoms with van der Waals surface area (Å²) in [5.74, 6) is 0.0925. The number of alkyl halides is 2. The summed E-state index contributed by atoms with van der Waals surface area (Å²) in [6, 6.07) is 1.18. The first-order chi connectivity index (χ1) is 6.06. The van der Waals surface area contributed by atoms with Gasteiger partial charge in [0.15, 0.2) is 0 Å². The highest BCUT2D eigenvalue weighted by Crippen LogP contribution is 2.30. The number of nitrogens with zero attached hydrogens (tertiary/aromatic N) is 1. The molecule has 0 unspecified atom stereocenters. The summed E-state index contributed by atoms with van der Waals surface area (Å²) in [5, 5.41) is -0.0945. The Balaban J connectivity index is 3.30. The highest BCUT2D eigenvalue weighted by Gasteiger charge is 2.18. The minimum atomic E-state index is -2.68. The zero-order valence-corrected chi connectivity index (χ0v) is 7.35. The molecule has 0 amide bonds. The van der Waals surface area contributed by atoms with Gasteiger partial charge in [0.1, 0.15) is 5.82 Å². The second-order valence-electron chi connectivity index (χ2n) is 2.39. The molecule has 1 aromatic heterocycles. The Morgan fingerprint density at radius 1 is 1.54 bits per heavy atom. The van der Waals surface area contributed by atoms with E-state index in [0.29, 0.717) is 0 Å². The van der Waals surface area contributed by atoms with Crippen LogP contribution in [0, 0.1) is 0 Å². The van der Waals surface area contributed by atoms with Gasteiger partial charge >= 0.3 is 0 Å². The third-order valence-electron chi connectivity index (χ3n) is 1.52. The molecule has 13 heavy (non-hydrogen) atoms. The molecule has 0 aliphatic heterocycles. The van der Waals surface area contributed by atoms with Crippen LogP contribution in [0.3, 0.4) is 0 Å². The summed E-state index contributed by atoms with van der Waals surface area (Å²) in [4.78, 5) is 3.66. The lowest BCUT2D eigenvalue weighted by atomic mass is 10.2. The lowest BCUT2D eigenvalue weighted by Gasteiger charge is -2.08. The molecule has 0 aromatic carbocycles. The predicted octanol–water partition coefficient (Wildman–Crippen LogP) is 1.71. The first-order valence-electron chi connectivity index (χ1n) is 3.49. The van der Waals surface area contributed by atoms with Crippen LogP contribution in [0.15, 0.2) is 6.07 Å². The van der Waals surface area contributed by atoms with E-state index in [1.165, 1.54) is 6.07 Å². The van der Waals surface area contributed by atoms with Gasteiger partial charge in [0.25, 0.3) is 6.43 Å². The van der Waals surface area contributed by atoms with Crippen molar-refractivity contribution >= 4 is 17.4 Å². The fourth-order valence-corrected chi connectivity index (χ4v) is 1.28. The summed E-state index contributed by atoms with van der Waals surface area (Å²) in [6.07, 6.45) is -2.68. The fourth-order valence-electron chi connectivity index (χ4n) is 0.980. The van der Waals surface area contributed by atoms with Crippen LogP contribution in [0.4, 0.5) is 14.6 Å². The van der Waals surface area contributed by atoms with E-state index in [2.05, 4.69) is 4.98 Å². The number of hydrogen-bond acceptors (Lipinski definition) is 3. The van der Waals surface area contributed by atoms with Gasteiger partial charge < -0.3 is 11.5 Å². The normalized spacial score (nSPS) is 10.8. The molecular formula is C7H8ClF2N3. The van der Waals surface area contributed by atoms with Crippen molar-refractivity contribution in [2.45, 2.75) is 13.0 Å². The molecule has 1 heterocycles. The Bertz CT molecular complexity index is 317. The van der Waals surface area contributed by atoms with Gasteiger partial charge in [-0.1, -0.05) is 11.6 Å². The van der Waals surface area contributed by atoms with Crippen LogP contribution in [0.5, 0.6) is 0 Å². The summed E-state index contributed by atoms with van der Waals surface area (Å²) in [7, 11) is 0. The van der Waals surface area contributed by atoms with Crippen molar-refractivity contribution < 1.29 is 8.78 Å². The van der Waals surface area contributed by atoms with E-state index < -0.39 is 6.43 Å². The molecule has 6 heteroatoms. The van der Waals surface area contributed by atoms with Gasteiger partial charge in [0, 0.05) is 6.54 Å². The highest BCUT2D eigenvalue weighted by atomic mass is 35.5. The van der Waals surface area contributed by atoms with Crippen molar-refractivity contribution in [3.8, 4) is 0 Å². The van der Waals surface area contributed by atoms with Crippen molar-refractivity contribution in [2.24, 2.45) is 5.73 Å². The van der Waals surface area contributed by atoms with Crippen molar-refractivity contribution in [3.05, 3.63) is 22.3 Å². The van der Waals surface area contributed by atoms with E-state index in [-0.39, 0.29) is 28.6 Å². The number of rotatable bonds is 2. The van der Waals surface area contributed by atoms with Gasteiger partial charge in [-0.3, -0.25) is 0 Å². The first kappa shape index (κ1) is 10.1. The van der Waals surface area contributed by atoms with Crippen molar-refractivity contribution in [2.75, 3.05) is 5.73 Å². The van der Waals surface area contributed by atoms with Crippen LogP contribution in [0.1, 0.15) is 17.7 Å². The lowest BCUT2D eigenvalue weighted by Crippen LogP contribution is -2.07. The molecule has 4 N–H and O–H groups in total. The second-order valence-corrected chi connectivity index (χ2v) is 2.80. The summed E-state index contributed by atoms with van der Waals surface area (Å²) in [5.41, 5.74) is 10.2. The van der Waals surface area contributed by atoms with Gasteiger partial charge in [-0.15, -0.1) is 0 Å². The van der Waals surface area contributed by atoms with Crippen LogP contribution < -0.4 is 11.5 Å². The number of hydrogen-bond donors (Lipinski definition) is 2. The Morgan fingerprint density at radius 3 is 2.62 bits per heavy atom. The van der Waals surface area contributed by atoms with Gasteiger partial charge in [-0.25, -0.2) is 13.8 Å². The van der Waals surface area contributed by atoms with Crippen LogP contribution in [-0.4, -0.2) is 4.98 Å². The predicted molar refractivity (Wildman–Crippen MR) is 46.5 cm³/mol. The maximum atomic E-state index is 12.4. The van der Waals surface area contributed by atoms with Crippen molar-refractivity contribution in [3.63, 3.8) is 0 Å². The number of pyridine rings is 1. The zero-order chi connectivity index (χ0) is 10.0. The van der Waals surface area contributed by atoms with E-state index in [1.807, 2.05) is 0 Å². The summed E-state index contributed by atoms with van der Waals surface area (Å²) < 4.78 is 24.8. The van der Waals surface area contributed by atoms with Crippen molar-refractivity contribution in [1.82, 2.24) is 4.98 Å². The molecule has 0 spiro atoms. The van der Waals surface area contributed by atoms with E-state index in [1.54, 1.807) is 0 Å². The third-order valence-corrected chi connectivity index (χ3v) is 1.83. The first-order valence-corrected chi connectivity index (χ1v) is 3.87. The molecule has 1 rings (SSSR count). The smallest absolute Gasteiger partial charge is 0.267 e. The maximum absolute atomic E-state index is 12.4. The summed E-state index contributed by atoms with van der Waals surface area (Å²) in [6.45, 7) is -0.107. The van der Waals surface area contributed by atoms with Crippen LogP contribution in [-0.2, 0) is 6.54 Å². The van der Waals surface area contributed by atoms with Crippen LogP contribution >= 0.6 is 11.6 Å². The van der Waals surface area contributed by atoms with E-state index in [0.717, 1.165) is 0 Å². The fraction of sp³-hybridized carbons (Fsp3) is 0.286. The zero-order valence-electron chi connectivity index (χ0n) is 6.60. The van der Waals surface area contributed by atoms with Crippen molar-refractivity contribution in [1.29, 1.82) is 0 Å². The largest absolute Gasteiger partial charge is 0.384 e. The molecular weight excluding hydrogens is 200 g/mol. The Kier molecular flexibility index (Phi) is 3.00. The molecule has 1 aromatic rings. The minimum absolute atomic E-state index is 0.0417. The second kappa shape index (κ2) is 3.85. The minimum Gasteiger partial charge on any atom is -0.384 e. The molecule has 0 fully saturated rings. The molecule has 0 radical (unpaired) electrons. The molecule has 0 aliphatic carbocycles. The molecule has 0 atom stereocenters. The lowest BCUT2D eigenvalue weighted by molar-refractivity contribution is 0.150. The quantitative estimate of drug-likeness (QED) is 0.776. The maximum Gasteiger partial charge on any atom is 0.267 e.